The molecule has 0 bridgehead atoms. The number of fused-ring (bicyclic) bond motifs is 1. The molecule has 23 heavy (non-hydrogen) atoms. The fourth-order valence-electron chi connectivity index (χ4n) is 2.58. The largest absolute Gasteiger partial charge is 0.493 e. The van der Waals surface area contributed by atoms with Gasteiger partial charge in [0.25, 0.3) is 11.6 Å². The normalized spacial score (nSPS) is 16.1. The molecule has 7 nitrogen and oxygen atoms in total. The molecule has 0 fully saturated rings. The Morgan fingerprint density at radius 3 is 2.87 bits per heavy atom. The molecule has 3 rings (SSSR count). The number of nitro groups is 1. The summed E-state index contributed by atoms with van der Waals surface area (Å²) in [6.07, 6.45) is 0.639. The molecule has 1 aliphatic heterocycles. The zero-order valence-corrected chi connectivity index (χ0v) is 12.2. The highest BCUT2D eigenvalue weighted by atomic mass is 16.6. The number of carbonyl (C=O) groups is 1. The Hall–Kier alpha value is -3.09. The molecule has 118 valence electrons. The average Bonchev–Trinajstić information content (AvgIpc) is 2.55. The number of anilines is 1. The number of amides is 1. The number of nitrogens with one attached hydrogen (secondary N) is 1. The van der Waals surface area contributed by atoms with Crippen molar-refractivity contribution in [3.8, 4) is 5.75 Å². The fraction of sp³-hybridized carbons (Fsp3) is 0.188. The molecule has 0 spiro atoms. The third kappa shape index (κ3) is 2.94. The lowest BCUT2D eigenvalue weighted by molar-refractivity contribution is -0.383. The maximum Gasteiger partial charge on any atom is 0.292 e. The van der Waals surface area contributed by atoms with E-state index < -0.39 is 4.92 Å². The SMILES string of the molecule is Nc1ccc(C(=O)N[C@@H]2CCOc3ccccc32)cc1[N+](=O)[O-]. The van der Waals surface area contributed by atoms with E-state index in [-0.39, 0.29) is 28.9 Å². The van der Waals surface area contributed by atoms with Gasteiger partial charge < -0.3 is 15.8 Å². The highest BCUT2D eigenvalue weighted by Gasteiger charge is 2.24. The molecule has 1 amide bonds. The van der Waals surface area contributed by atoms with Crippen molar-refractivity contribution in [3.63, 3.8) is 0 Å². The minimum atomic E-state index is -0.601. The summed E-state index contributed by atoms with van der Waals surface area (Å²) in [4.78, 5) is 22.7. The van der Waals surface area contributed by atoms with Crippen LogP contribution in [0.1, 0.15) is 28.4 Å². The number of nitro benzene ring substituents is 1. The Bertz CT molecular complexity index is 776. The van der Waals surface area contributed by atoms with Gasteiger partial charge in [-0.25, -0.2) is 0 Å². The van der Waals surface area contributed by atoms with Gasteiger partial charge in [-0.1, -0.05) is 18.2 Å². The molecule has 0 aromatic heterocycles. The van der Waals surface area contributed by atoms with Gasteiger partial charge in [-0.05, 0) is 18.2 Å². The smallest absolute Gasteiger partial charge is 0.292 e. The van der Waals surface area contributed by atoms with Crippen LogP contribution in [0.3, 0.4) is 0 Å². The third-order valence-electron chi connectivity index (χ3n) is 3.75. The van der Waals surface area contributed by atoms with Gasteiger partial charge in [0.1, 0.15) is 11.4 Å². The second kappa shape index (κ2) is 5.96. The standard InChI is InChI=1S/C16H15N3O4/c17-12-6-5-10(9-14(12)19(21)22)16(20)18-13-7-8-23-15-4-2-1-3-11(13)15/h1-6,9,13H,7-8,17H2,(H,18,20)/t13-/m1/s1. The van der Waals surface area contributed by atoms with Gasteiger partial charge in [-0.2, -0.15) is 0 Å². The van der Waals surface area contributed by atoms with E-state index in [9.17, 15) is 14.9 Å². The number of hydrogen-bond acceptors (Lipinski definition) is 5. The lowest BCUT2D eigenvalue weighted by Gasteiger charge is -2.26. The lowest BCUT2D eigenvalue weighted by atomic mass is 10.00. The molecule has 1 atom stereocenters. The van der Waals surface area contributed by atoms with E-state index in [1.54, 1.807) is 0 Å². The number of nitrogens with zero attached hydrogens (tertiary/aromatic N) is 1. The molecule has 7 heteroatoms. The zero-order valence-electron chi connectivity index (χ0n) is 12.2. The van der Waals surface area contributed by atoms with Crippen LogP contribution in [-0.2, 0) is 0 Å². The van der Waals surface area contributed by atoms with E-state index in [4.69, 9.17) is 10.5 Å². The Balaban J connectivity index is 1.83. The Kier molecular flexibility index (Phi) is 3.84. The predicted molar refractivity (Wildman–Crippen MR) is 84.3 cm³/mol. The van der Waals surface area contributed by atoms with Gasteiger partial charge in [0.15, 0.2) is 0 Å². The molecule has 0 saturated carbocycles. The highest BCUT2D eigenvalue weighted by molar-refractivity contribution is 5.96. The fourth-order valence-corrected chi connectivity index (χ4v) is 2.58. The number of benzene rings is 2. The van der Waals surface area contributed by atoms with Crippen LogP contribution >= 0.6 is 0 Å². The molecule has 3 N–H and O–H groups in total. The van der Waals surface area contributed by atoms with Crippen LogP contribution in [0.4, 0.5) is 11.4 Å². The molecule has 2 aromatic rings. The molecule has 0 radical (unpaired) electrons. The molecule has 0 unspecified atom stereocenters. The first-order valence-corrected chi connectivity index (χ1v) is 7.13. The van der Waals surface area contributed by atoms with Crippen molar-refractivity contribution >= 4 is 17.3 Å². The Labute approximate surface area is 132 Å². The van der Waals surface area contributed by atoms with E-state index >= 15 is 0 Å². The predicted octanol–water partition coefficient (Wildman–Crippen LogP) is 2.43. The molecule has 0 saturated heterocycles. The first-order valence-electron chi connectivity index (χ1n) is 7.13. The summed E-state index contributed by atoms with van der Waals surface area (Å²) in [5.41, 5.74) is 6.41. The van der Waals surface area contributed by atoms with Gasteiger partial charge in [0.2, 0.25) is 0 Å². The Morgan fingerprint density at radius 2 is 2.09 bits per heavy atom. The van der Waals surface area contributed by atoms with Crippen LogP contribution in [0.25, 0.3) is 0 Å². The van der Waals surface area contributed by atoms with Crippen molar-refractivity contribution in [2.45, 2.75) is 12.5 Å². The van der Waals surface area contributed by atoms with Crippen LogP contribution < -0.4 is 15.8 Å². The van der Waals surface area contributed by atoms with Crippen molar-refractivity contribution in [2.24, 2.45) is 0 Å². The van der Waals surface area contributed by atoms with Crippen molar-refractivity contribution in [3.05, 3.63) is 63.7 Å². The summed E-state index contributed by atoms with van der Waals surface area (Å²) in [6, 6.07) is 11.3. The number of nitrogen functional groups attached to an aromatic ring is 1. The van der Waals surface area contributed by atoms with E-state index in [2.05, 4.69) is 5.32 Å². The van der Waals surface area contributed by atoms with Crippen molar-refractivity contribution in [1.29, 1.82) is 0 Å². The number of para-hydroxylation sites is 1. The van der Waals surface area contributed by atoms with Gasteiger partial charge in [-0.3, -0.25) is 14.9 Å². The second-order valence-corrected chi connectivity index (χ2v) is 5.23. The van der Waals surface area contributed by atoms with Crippen molar-refractivity contribution in [2.75, 3.05) is 12.3 Å². The van der Waals surface area contributed by atoms with E-state index in [1.807, 2.05) is 24.3 Å². The zero-order chi connectivity index (χ0) is 16.4. The topological polar surface area (TPSA) is 107 Å². The summed E-state index contributed by atoms with van der Waals surface area (Å²) in [7, 11) is 0. The van der Waals surface area contributed by atoms with Gasteiger partial charge in [-0.15, -0.1) is 0 Å². The van der Waals surface area contributed by atoms with E-state index in [0.29, 0.717) is 13.0 Å². The quantitative estimate of drug-likeness (QED) is 0.514. The third-order valence-corrected chi connectivity index (χ3v) is 3.75. The number of rotatable bonds is 3. The minimum absolute atomic E-state index is 0.0305. The summed E-state index contributed by atoms with van der Waals surface area (Å²) in [5.74, 6) is 0.363. The van der Waals surface area contributed by atoms with Crippen molar-refractivity contribution < 1.29 is 14.5 Å². The molecular formula is C16H15N3O4. The molecule has 2 aromatic carbocycles. The monoisotopic (exact) mass is 313 g/mol. The second-order valence-electron chi connectivity index (χ2n) is 5.23. The first kappa shape index (κ1) is 14.8. The van der Waals surface area contributed by atoms with Gasteiger partial charge >= 0.3 is 0 Å². The van der Waals surface area contributed by atoms with Crippen LogP contribution in [0.5, 0.6) is 5.75 Å². The van der Waals surface area contributed by atoms with Gasteiger partial charge in [0.05, 0.1) is 17.6 Å². The van der Waals surface area contributed by atoms with Crippen LogP contribution in [0.2, 0.25) is 0 Å². The molecular weight excluding hydrogens is 298 g/mol. The molecule has 1 aliphatic rings. The number of ether oxygens (including phenoxy) is 1. The van der Waals surface area contributed by atoms with E-state index in [0.717, 1.165) is 11.3 Å². The minimum Gasteiger partial charge on any atom is -0.493 e. The van der Waals surface area contributed by atoms with Crippen LogP contribution in [0, 0.1) is 10.1 Å². The molecule has 0 aliphatic carbocycles. The number of nitrogens with two attached hydrogens (primary N) is 1. The van der Waals surface area contributed by atoms with Crippen molar-refractivity contribution in [1.82, 2.24) is 5.32 Å². The summed E-state index contributed by atoms with van der Waals surface area (Å²) < 4.78 is 5.55. The van der Waals surface area contributed by atoms with Crippen LogP contribution in [0.15, 0.2) is 42.5 Å². The lowest BCUT2D eigenvalue weighted by Crippen LogP contribution is -2.32. The number of carbonyl (C=O) groups excluding carboxylic acids is 1. The Morgan fingerprint density at radius 1 is 1.30 bits per heavy atom. The average molecular weight is 313 g/mol. The summed E-state index contributed by atoms with van der Waals surface area (Å²) in [5, 5.41) is 13.8. The summed E-state index contributed by atoms with van der Waals surface area (Å²) >= 11 is 0. The highest BCUT2D eigenvalue weighted by Crippen LogP contribution is 2.32. The maximum atomic E-state index is 12.4. The van der Waals surface area contributed by atoms with Gasteiger partial charge in [0, 0.05) is 23.6 Å². The maximum absolute atomic E-state index is 12.4. The van der Waals surface area contributed by atoms with Crippen LogP contribution in [-0.4, -0.2) is 17.4 Å². The summed E-state index contributed by atoms with van der Waals surface area (Å²) in [6.45, 7) is 0.504. The molecule has 1 heterocycles. The number of hydrogen-bond donors (Lipinski definition) is 2. The van der Waals surface area contributed by atoms with E-state index in [1.165, 1.54) is 18.2 Å². The first-order chi connectivity index (χ1) is 11.1.